The maximum atomic E-state index is 11.6. The van der Waals surface area contributed by atoms with Crippen molar-refractivity contribution in [3.8, 4) is 0 Å². The summed E-state index contributed by atoms with van der Waals surface area (Å²) in [7, 11) is 0. The third-order valence-electron chi connectivity index (χ3n) is 2.18. The first-order chi connectivity index (χ1) is 8.61. The van der Waals surface area contributed by atoms with Crippen molar-refractivity contribution < 1.29 is 0 Å². The minimum absolute atomic E-state index is 0.0391. The predicted octanol–water partition coefficient (Wildman–Crippen LogP) is 0.522. The molecule has 2 N–H and O–H groups in total. The van der Waals surface area contributed by atoms with Crippen LogP contribution in [0, 0.1) is 0 Å². The van der Waals surface area contributed by atoms with Crippen LogP contribution < -0.4 is 16.6 Å². The monoisotopic (exact) mass is 287 g/mol. The molecule has 2 aromatic heterocycles. The van der Waals surface area contributed by atoms with Gasteiger partial charge >= 0.3 is 5.69 Å². The highest BCUT2D eigenvalue weighted by atomic mass is 35.5. The molecule has 0 atom stereocenters. The second-order valence-electron chi connectivity index (χ2n) is 3.44. The molecule has 0 aromatic carbocycles. The van der Waals surface area contributed by atoms with Crippen LogP contribution in [0.3, 0.4) is 0 Å². The molecule has 0 saturated carbocycles. The Morgan fingerprint density at radius 2 is 2.33 bits per heavy atom. The minimum atomic E-state index is -0.596. The number of nitrogens with one attached hydrogen (secondary N) is 2. The number of hydrogen-bond donors (Lipinski definition) is 2. The van der Waals surface area contributed by atoms with Crippen LogP contribution >= 0.6 is 23.1 Å². The molecule has 0 amide bonds. The molecule has 0 spiro atoms. The average molecular weight is 288 g/mol. The van der Waals surface area contributed by atoms with E-state index in [0.717, 1.165) is 11.5 Å². The Hall–Kier alpha value is -1.67. The van der Waals surface area contributed by atoms with Crippen LogP contribution in [-0.4, -0.2) is 25.7 Å². The largest absolute Gasteiger partial charge is 0.374 e. The number of aromatic amines is 1. The fourth-order valence-corrected chi connectivity index (χ4v) is 2.17. The van der Waals surface area contributed by atoms with Crippen LogP contribution in [0.5, 0.6) is 0 Å². The summed E-state index contributed by atoms with van der Waals surface area (Å²) < 4.78 is 5.09. The number of anilines is 1. The molecule has 0 radical (unpaired) electrons. The van der Waals surface area contributed by atoms with E-state index < -0.39 is 11.2 Å². The standard InChI is InChI=1S/C9H10ClN5O2S/c1-2-11-8-6(13-14-18-8)4-15-3-5(10)7(16)12-9(15)17/h3,11H,2,4H2,1H3,(H,12,16,17). The zero-order chi connectivity index (χ0) is 13.1. The molecule has 0 saturated heterocycles. The summed E-state index contributed by atoms with van der Waals surface area (Å²) in [6.45, 7) is 2.89. The summed E-state index contributed by atoms with van der Waals surface area (Å²) in [5, 5.41) is 7.79. The van der Waals surface area contributed by atoms with Crippen LogP contribution in [-0.2, 0) is 6.54 Å². The van der Waals surface area contributed by atoms with Crippen LogP contribution in [0.15, 0.2) is 15.8 Å². The summed E-state index contributed by atoms with van der Waals surface area (Å²) in [4.78, 5) is 24.8. The number of hydrogen-bond acceptors (Lipinski definition) is 6. The fourth-order valence-electron chi connectivity index (χ4n) is 1.37. The zero-order valence-electron chi connectivity index (χ0n) is 9.44. The maximum Gasteiger partial charge on any atom is 0.328 e. The molecular weight excluding hydrogens is 278 g/mol. The smallest absolute Gasteiger partial charge is 0.328 e. The van der Waals surface area contributed by atoms with Gasteiger partial charge in [0, 0.05) is 24.3 Å². The van der Waals surface area contributed by atoms with E-state index in [9.17, 15) is 9.59 Å². The van der Waals surface area contributed by atoms with Crippen molar-refractivity contribution in [2.75, 3.05) is 11.9 Å². The first kappa shape index (κ1) is 12.8. The zero-order valence-corrected chi connectivity index (χ0v) is 11.0. The maximum absolute atomic E-state index is 11.6. The Morgan fingerprint density at radius 3 is 3.06 bits per heavy atom. The van der Waals surface area contributed by atoms with E-state index in [-0.39, 0.29) is 11.6 Å². The third kappa shape index (κ3) is 2.59. The lowest BCUT2D eigenvalue weighted by Gasteiger charge is -2.05. The van der Waals surface area contributed by atoms with Crippen LogP contribution in [0.1, 0.15) is 12.6 Å². The topological polar surface area (TPSA) is 92.7 Å². The van der Waals surface area contributed by atoms with Crippen molar-refractivity contribution in [2.24, 2.45) is 0 Å². The average Bonchev–Trinajstić information content (AvgIpc) is 2.74. The Bertz CT molecular complexity index is 661. The Labute approximate surface area is 111 Å². The molecule has 0 unspecified atom stereocenters. The van der Waals surface area contributed by atoms with E-state index >= 15 is 0 Å². The fraction of sp³-hybridized carbons (Fsp3) is 0.333. The molecule has 18 heavy (non-hydrogen) atoms. The molecule has 0 aliphatic rings. The molecule has 0 aliphatic carbocycles. The number of halogens is 1. The van der Waals surface area contributed by atoms with Crippen LogP contribution in [0.2, 0.25) is 5.02 Å². The summed E-state index contributed by atoms with van der Waals surface area (Å²) in [6, 6.07) is 0. The second kappa shape index (κ2) is 5.32. The van der Waals surface area contributed by atoms with E-state index in [4.69, 9.17) is 11.6 Å². The van der Waals surface area contributed by atoms with Gasteiger partial charge in [0.15, 0.2) is 0 Å². The highest BCUT2D eigenvalue weighted by Gasteiger charge is 2.10. The normalized spacial score (nSPS) is 10.6. The highest BCUT2D eigenvalue weighted by molar-refractivity contribution is 7.10. The van der Waals surface area contributed by atoms with Crippen molar-refractivity contribution in [3.63, 3.8) is 0 Å². The summed E-state index contributed by atoms with van der Waals surface area (Å²) in [6.07, 6.45) is 1.29. The van der Waals surface area contributed by atoms with Crippen molar-refractivity contribution in [3.05, 3.63) is 37.8 Å². The minimum Gasteiger partial charge on any atom is -0.374 e. The van der Waals surface area contributed by atoms with Gasteiger partial charge in [-0.1, -0.05) is 16.1 Å². The van der Waals surface area contributed by atoms with Gasteiger partial charge < -0.3 is 5.32 Å². The summed E-state index contributed by atoms with van der Waals surface area (Å²) in [5.41, 5.74) is -0.492. The molecule has 2 heterocycles. The molecule has 7 nitrogen and oxygen atoms in total. The molecular formula is C9H10ClN5O2S. The molecule has 0 fully saturated rings. The van der Waals surface area contributed by atoms with Crippen molar-refractivity contribution in [2.45, 2.75) is 13.5 Å². The number of nitrogens with zero attached hydrogens (tertiary/aromatic N) is 3. The van der Waals surface area contributed by atoms with E-state index in [0.29, 0.717) is 5.69 Å². The second-order valence-corrected chi connectivity index (χ2v) is 4.60. The van der Waals surface area contributed by atoms with E-state index in [1.165, 1.54) is 22.3 Å². The lowest BCUT2D eigenvalue weighted by molar-refractivity contribution is 0.703. The van der Waals surface area contributed by atoms with Crippen LogP contribution in [0.25, 0.3) is 0 Å². The van der Waals surface area contributed by atoms with Crippen molar-refractivity contribution in [1.29, 1.82) is 0 Å². The Kier molecular flexibility index (Phi) is 3.78. The van der Waals surface area contributed by atoms with E-state index in [2.05, 4.69) is 19.9 Å². The van der Waals surface area contributed by atoms with Gasteiger partial charge in [0.1, 0.15) is 15.7 Å². The summed E-state index contributed by atoms with van der Waals surface area (Å²) in [5.74, 6) is 0. The van der Waals surface area contributed by atoms with Gasteiger partial charge in [-0.25, -0.2) is 4.79 Å². The summed E-state index contributed by atoms with van der Waals surface area (Å²) >= 11 is 6.89. The molecule has 0 bridgehead atoms. The van der Waals surface area contributed by atoms with Gasteiger partial charge in [0.05, 0.1) is 6.54 Å². The molecule has 0 aliphatic heterocycles. The lowest BCUT2D eigenvalue weighted by atomic mass is 10.4. The number of rotatable bonds is 4. The van der Waals surface area contributed by atoms with Gasteiger partial charge in [-0.15, -0.1) is 5.10 Å². The van der Waals surface area contributed by atoms with Crippen molar-refractivity contribution >= 4 is 28.1 Å². The van der Waals surface area contributed by atoms with Gasteiger partial charge in [-0.2, -0.15) is 0 Å². The first-order valence-corrected chi connectivity index (χ1v) is 6.31. The Balaban J connectivity index is 2.34. The number of aromatic nitrogens is 4. The lowest BCUT2D eigenvalue weighted by Crippen LogP contribution is -2.30. The van der Waals surface area contributed by atoms with Crippen LogP contribution in [0.4, 0.5) is 5.00 Å². The third-order valence-corrected chi connectivity index (χ3v) is 3.18. The molecule has 96 valence electrons. The van der Waals surface area contributed by atoms with Gasteiger partial charge in [-0.05, 0) is 6.92 Å². The first-order valence-electron chi connectivity index (χ1n) is 5.16. The van der Waals surface area contributed by atoms with Crippen molar-refractivity contribution in [1.82, 2.24) is 19.1 Å². The van der Waals surface area contributed by atoms with E-state index in [1.54, 1.807) is 0 Å². The predicted molar refractivity (Wildman–Crippen MR) is 69.5 cm³/mol. The molecule has 9 heteroatoms. The molecule has 2 rings (SSSR count). The quantitative estimate of drug-likeness (QED) is 0.855. The van der Waals surface area contributed by atoms with E-state index in [1.807, 2.05) is 6.92 Å². The number of H-pyrrole nitrogens is 1. The molecule has 2 aromatic rings. The Morgan fingerprint density at radius 1 is 1.56 bits per heavy atom. The highest BCUT2D eigenvalue weighted by Crippen LogP contribution is 2.17. The van der Waals surface area contributed by atoms with Gasteiger partial charge in [0.2, 0.25) is 0 Å². The SMILES string of the molecule is CCNc1snnc1Cn1cc(Cl)c(=O)[nH]c1=O. The van der Waals surface area contributed by atoms with Gasteiger partial charge in [-0.3, -0.25) is 14.3 Å². The van der Waals surface area contributed by atoms with Gasteiger partial charge in [0.25, 0.3) is 5.56 Å².